The Morgan fingerprint density at radius 1 is 1.21 bits per heavy atom. The van der Waals surface area contributed by atoms with Crippen LogP contribution in [0, 0.1) is 12.7 Å². The molecule has 1 atom stereocenters. The predicted molar refractivity (Wildman–Crippen MR) is 71.6 cm³/mol. The lowest BCUT2D eigenvalue weighted by atomic mass is 10.1. The van der Waals surface area contributed by atoms with Gasteiger partial charge in [0.15, 0.2) is 6.04 Å². The summed E-state index contributed by atoms with van der Waals surface area (Å²) in [6, 6.07) is 12.3. The van der Waals surface area contributed by atoms with Crippen LogP contribution in [0.5, 0.6) is 0 Å². The Morgan fingerprint density at radius 2 is 1.89 bits per heavy atom. The van der Waals surface area contributed by atoms with Crippen LogP contribution in [0.2, 0.25) is 0 Å². The molecule has 0 bridgehead atoms. The summed E-state index contributed by atoms with van der Waals surface area (Å²) >= 11 is 0. The van der Waals surface area contributed by atoms with E-state index in [0.717, 1.165) is 5.56 Å². The summed E-state index contributed by atoms with van der Waals surface area (Å²) in [7, 11) is 0. The predicted octanol–water partition coefficient (Wildman–Crippen LogP) is 3.37. The summed E-state index contributed by atoms with van der Waals surface area (Å²) in [5.74, 6) is -1.40. The first-order valence-corrected chi connectivity index (χ1v) is 5.88. The van der Waals surface area contributed by atoms with E-state index in [1.54, 1.807) is 37.3 Å². The number of hydrogen-bond acceptors (Lipinski definition) is 2. The van der Waals surface area contributed by atoms with Crippen LogP contribution in [-0.2, 0) is 4.79 Å². The Hall–Kier alpha value is -2.36. The molecule has 2 aromatic rings. The summed E-state index contributed by atoms with van der Waals surface area (Å²) in [6.07, 6.45) is 0. The number of carboxylic acid groups (broad SMARTS) is 1. The monoisotopic (exact) mass is 259 g/mol. The lowest BCUT2D eigenvalue weighted by Crippen LogP contribution is -2.20. The molecule has 0 aliphatic heterocycles. The molecule has 0 aliphatic rings. The van der Waals surface area contributed by atoms with Gasteiger partial charge in [-0.25, -0.2) is 9.18 Å². The average Bonchev–Trinajstić information content (AvgIpc) is 2.35. The highest BCUT2D eigenvalue weighted by molar-refractivity contribution is 5.79. The number of carboxylic acids is 1. The van der Waals surface area contributed by atoms with E-state index >= 15 is 0 Å². The molecule has 0 amide bonds. The Bertz CT molecular complexity index is 564. The van der Waals surface area contributed by atoms with Gasteiger partial charge in [-0.3, -0.25) is 0 Å². The van der Waals surface area contributed by atoms with E-state index < -0.39 is 12.0 Å². The molecule has 2 aromatic carbocycles. The molecular weight excluding hydrogens is 245 g/mol. The van der Waals surface area contributed by atoms with E-state index in [9.17, 15) is 14.3 Å². The lowest BCUT2D eigenvalue weighted by molar-refractivity contribution is -0.138. The van der Waals surface area contributed by atoms with Gasteiger partial charge in [0, 0.05) is 5.69 Å². The van der Waals surface area contributed by atoms with Crippen LogP contribution in [0.25, 0.3) is 0 Å². The molecule has 0 heterocycles. The Kier molecular flexibility index (Phi) is 3.80. The van der Waals surface area contributed by atoms with Gasteiger partial charge >= 0.3 is 5.97 Å². The summed E-state index contributed by atoms with van der Waals surface area (Å²) in [5, 5.41) is 12.1. The minimum atomic E-state index is -1.01. The SMILES string of the molecule is Cc1cc(F)cc(NC(C(=O)O)c2ccccc2)c1. The number of nitrogens with one attached hydrogen (secondary N) is 1. The summed E-state index contributed by atoms with van der Waals surface area (Å²) < 4.78 is 13.3. The maximum atomic E-state index is 13.3. The second-order valence-electron chi connectivity index (χ2n) is 4.34. The van der Waals surface area contributed by atoms with E-state index in [0.29, 0.717) is 11.3 Å². The van der Waals surface area contributed by atoms with Gasteiger partial charge in [-0.05, 0) is 36.2 Å². The first-order valence-electron chi connectivity index (χ1n) is 5.88. The second kappa shape index (κ2) is 5.52. The minimum Gasteiger partial charge on any atom is -0.479 e. The number of rotatable bonds is 4. The highest BCUT2D eigenvalue weighted by Crippen LogP contribution is 2.21. The van der Waals surface area contributed by atoms with Crippen molar-refractivity contribution in [3.8, 4) is 0 Å². The standard InChI is InChI=1S/C15H14FNO2/c1-10-7-12(16)9-13(8-10)17-14(15(18)19)11-5-3-2-4-6-11/h2-9,14,17H,1H3,(H,18,19). The van der Waals surface area contributed by atoms with E-state index in [4.69, 9.17) is 0 Å². The highest BCUT2D eigenvalue weighted by atomic mass is 19.1. The fourth-order valence-corrected chi connectivity index (χ4v) is 1.92. The van der Waals surface area contributed by atoms with Crippen LogP contribution in [0.1, 0.15) is 17.2 Å². The number of halogens is 1. The zero-order chi connectivity index (χ0) is 13.8. The van der Waals surface area contributed by atoms with Crippen LogP contribution in [0.15, 0.2) is 48.5 Å². The van der Waals surface area contributed by atoms with Gasteiger partial charge in [-0.2, -0.15) is 0 Å². The number of benzene rings is 2. The van der Waals surface area contributed by atoms with Crippen molar-refractivity contribution in [1.82, 2.24) is 0 Å². The minimum absolute atomic E-state index is 0.389. The summed E-state index contributed by atoms with van der Waals surface area (Å²) in [5.41, 5.74) is 1.81. The zero-order valence-corrected chi connectivity index (χ0v) is 10.4. The van der Waals surface area contributed by atoms with Gasteiger partial charge < -0.3 is 10.4 Å². The van der Waals surface area contributed by atoms with Crippen molar-refractivity contribution in [2.75, 3.05) is 5.32 Å². The topological polar surface area (TPSA) is 49.3 Å². The van der Waals surface area contributed by atoms with Gasteiger partial charge in [-0.1, -0.05) is 30.3 Å². The lowest BCUT2D eigenvalue weighted by Gasteiger charge is -2.16. The van der Waals surface area contributed by atoms with Crippen LogP contribution < -0.4 is 5.32 Å². The molecule has 0 aliphatic carbocycles. The van der Waals surface area contributed by atoms with Crippen molar-refractivity contribution < 1.29 is 14.3 Å². The molecule has 2 N–H and O–H groups in total. The van der Waals surface area contributed by atoms with Gasteiger partial charge in [0.2, 0.25) is 0 Å². The van der Waals surface area contributed by atoms with Crippen LogP contribution in [0.4, 0.5) is 10.1 Å². The highest BCUT2D eigenvalue weighted by Gasteiger charge is 2.19. The molecule has 0 radical (unpaired) electrons. The average molecular weight is 259 g/mol. The van der Waals surface area contributed by atoms with E-state index in [2.05, 4.69) is 5.32 Å². The molecule has 0 fully saturated rings. The Labute approximate surface area is 110 Å². The second-order valence-corrected chi connectivity index (χ2v) is 4.34. The number of aryl methyl sites for hydroxylation is 1. The van der Waals surface area contributed by atoms with Crippen molar-refractivity contribution in [1.29, 1.82) is 0 Å². The molecular formula is C15H14FNO2. The molecule has 1 unspecified atom stereocenters. The molecule has 98 valence electrons. The third kappa shape index (κ3) is 3.31. The maximum absolute atomic E-state index is 13.3. The molecule has 2 rings (SSSR count). The third-order valence-electron chi connectivity index (χ3n) is 2.73. The van der Waals surface area contributed by atoms with Crippen LogP contribution in [-0.4, -0.2) is 11.1 Å². The molecule has 0 saturated carbocycles. The van der Waals surface area contributed by atoms with Crippen molar-refractivity contribution in [2.45, 2.75) is 13.0 Å². The van der Waals surface area contributed by atoms with E-state index in [1.165, 1.54) is 12.1 Å². The summed E-state index contributed by atoms with van der Waals surface area (Å²) in [6.45, 7) is 1.76. The number of carbonyl (C=O) groups is 1. The molecule has 19 heavy (non-hydrogen) atoms. The van der Waals surface area contributed by atoms with Gasteiger partial charge in [0.25, 0.3) is 0 Å². The van der Waals surface area contributed by atoms with Gasteiger partial charge in [-0.15, -0.1) is 0 Å². The Balaban J connectivity index is 2.29. The zero-order valence-electron chi connectivity index (χ0n) is 10.4. The van der Waals surface area contributed by atoms with Gasteiger partial charge in [0.05, 0.1) is 0 Å². The van der Waals surface area contributed by atoms with Crippen LogP contribution >= 0.6 is 0 Å². The number of hydrogen-bond donors (Lipinski definition) is 2. The van der Waals surface area contributed by atoms with Crippen molar-refractivity contribution in [2.24, 2.45) is 0 Å². The Morgan fingerprint density at radius 3 is 2.47 bits per heavy atom. The molecule has 0 saturated heterocycles. The fourth-order valence-electron chi connectivity index (χ4n) is 1.92. The molecule has 0 aromatic heterocycles. The van der Waals surface area contributed by atoms with E-state index in [-0.39, 0.29) is 5.82 Å². The number of anilines is 1. The number of aliphatic carboxylic acids is 1. The molecule has 3 nitrogen and oxygen atoms in total. The smallest absolute Gasteiger partial charge is 0.330 e. The molecule has 4 heteroatoms. The maximum Gasteiger partial charge on any atom is 0.330 e. The van der Waals surface area contributed by atoms with Crippen molar-refractivity contribution in [3.63, 3.8) is 0 Å². The molecule has 0 spiro atoms. The van der Waals surface area contributed by atoms with Gasteiger partial charge in [0.1, 0.15) is 5.82 Å². The normalized spacial score (nSPS) is 11.9. The first-order chi connectivity index (χ1) is 9.06. The first kappa shape index (κ1) is 13.1. The van der Waals surface area contributed by atoms with Crippen LogP contribution in [0.3, 0.4) is 0 Å². The largest absolute Gasteiger partial charge is 0.479 e. The quantitative estimate of drug-likeness (QED) is 0.885. The third-order valence-corrected chi connectivity index (χ3v) is 2.73. The fraction of sp³-hybridized carbons (Fsp3) is 0.133. The van der Waals surface area contributed by atoms with E-state index in [1.807, 2.05) is 6.07 Å². The summed E-state index contributed by atoms with van der Waals surface area (Å²) in [4.78, 5) is 11.3. The van der Waals surface area contributed by atoms with Crippen molar-refractivity contribution >= 4 is 11.7 Å². The van der Waals surface area contributed by atoms with Crippen molar-refractivity contribution in [3.05, 3.63) is 65.5 Å².